The Hall–Kier alpha value is -2.36. The van der Waals surface area contributed by atoms with Crippen molar-refractivity contribution >= 4 is 76.4 Å². The van der Waals surface area contributed by atoms with Crippen LogP contribution < -0.4 is 16.0 Å². The van der Waals surface area contributed by atoms with Gasteiger partial charge in [-0.05, 0) is 76.3 Å². The Balaban J connectivity index is 0.00000210. The number of benzene rings is 1. The van der Waals surface area contributed by atoms with E-state index in [4.69, 9.17) is 28.2 Å². The molecule has 1 saturated carbocycles. The zero-order valence-corrected chi connectivity index (χ0v) is 24.4. The smallest absolute Gasteiger partial charge is 0.237 e. The number of nitrogens with one attached hydrogen (secondary N) is 3. The molecule has 39 heavy (non-hydrogen) atoms. The fourth-order valence-electron chi connectivity index (χ4n) is 5.15. The number of hydrogen-bond acceptors (Lipinski definition) is 7. The number of Topliss-reactive ketones (excluding diaryl/α,β-unsaturated/α-hetero) is 1. The highest BCUT2D eigenvalue weighted by Crippen LogP contribution is 2.37. The molecule has 2 aromatic heterocycles. The average Bonchev–Trinajstić information content (AvgIpc) is 3.43. The van der Waals surface area contributed by atoms with Gasteiger partial charge in [0.15, 0.2) is 11.5 Å². The summed E-state index contributed by atoms with van der Waals surface area (Å²) >= 11 is 12.3. The lowest BCUT2D eigenvalue weighted by Crippen LogP contribution is -2.47. The van der Waals surface area contributed by atoms with Crippen LogP contribution in [0, 0.1) is 0 Å². The second-order valence-corrected chi connectivity index (χ2v) is 10.6. The molecule has 0 radical (unpaired) electrons. The summed E-state index contributed by atoms with van der Waals surface area (Å²) in [7, 11) is 0. The number of hydrogen-bond donors (Lipinski definition) is 4. The number of phenolic OH excluding ortho intramolecular Hbond substituents is 1. The van der Waals surface area contributed by atoms with E-state index in [0.717, 1.165) is 45.1 Å². The largest absolute Gasteiger partial charge is 0.505 e. The molecule has 3 aromatic rings. The van der Waals surface area contributed by atoms with Gasteiger partial charge < -0.3 is 21.1 Å². The van der Waals surface area contributed by atoms with Gasteiger partial charge >= 0.3 is 0 Å². The number of anilines is 1. The molecule has 8 nitrogen and oxygen atoms in total. The molecule has 210 valence electrons. The van der Waals surface area contributed by atoms with Crippen LogP contribution in [0.15, 0.2) is 30.5 Å². The Morgan fingerprint density at radius 2 is 1.69 bits per heavy atom. The normalized spacial score (nSPS) is 20.5. The van der Waals surface area contributed by atoms with E-state index in [1.165, 1.54) is 6.92 Å². The standard InChI is InChI=1S/C27H29Cl2N5O3.2ClH/c1-14(35)18-13-31-22-9-8-21(15-11-19(28)26(36)20(29)12-15)34-25(22)24(18)32-16-4-6-17(7-5-16)33-27(37)23-3-2-10-30-23;;/h8-9,11-13,16-17,23,30,36H,2-7,10H2,1H3,(H,31,32)(H,33,37);2*1H/t16?,17?,23-;;/m0../s1. The van der Waals surface area contributed by atoms with Crippen molar-refractivity contribution in [2.75, 3.05) is 11.9 Å². The van der Waals surface area contributed by atoms with Crippen molar-refractivity contribution in [3.05, 3.63) is 46.1 Å². The maximum Gasteiger partial charge on any atom is 0.237 e. The minimum absolute atomic E-state index is 0. The van der Waals surface area contributed by atoms with Gasteiger partial charge in [0.2, 0.25) is 5.91 Å². The maximum absolute atomic E-state index is 12.5. The number of fused-ring (bicyclic) bond motifs is 1. The lowest BCUT2D eigenvalue weighted by molar-refractivity contribution is -0.123. The van der Waals surface area contributed by atoms with E-state index < -0.39 is 0 Å². The van der Waals surface area contributed by atoms with Crippen LogP contribution >= 0.6 is 48.0 Å². The number of pyridine rings is 2. The molecule has 12 heteroatoms. The molecule has 0 spiro atoms. The number of phenols is 1. The van der Waals surface area contributed by atoms with Gasteiger partial charge in [-0.15, -0.1) is 24.8 Å². The fourth-order valence-corrected chi connectivity index (χ4v) is 5.64. The SMILES string of the molecule is CC(=O)c1cnc2ccc(-c3cc(Cl)c(O)c(Cl)c3)nc2c1NC1CCC(NC(=O)[C@@H]2CCCN2)CC1.Cl.Cl. The summed E-state index contributed by atoms with van der Waals surface area (Å²) in [5, 5.41) is 20.2. The van der Waals surface area contributed by atoms with Gasteiger partial charge in [-0.25, -0.2) is 4.98 Å². The van der Waals surface area contributed by atoms with Crippen molar-refractivity contribution in [1.82, 2.24) is 20.6 Å². The molecule has 1 aromatic carbocycles. The Kier molecular flexibility index (Phi) is 10.7. The molecule has 2 fully saturated rings. The second kappa shape index (κ2) is 13.3. The number of rotatable bonds is 6. The molecule has 1 saturated heterocycles. The van der Waals surface area contributed by atoms with Crippen LogP contribution in [0.1, 0.15) is 55.8 Å². The molecule has 1 atom stereocenters. The molecular formula is C27H31Cl4N5O3. The van der Waals surface area contributed by atoms with Crippen molar-refractivity contribution in [2.45, 2.75) is 63.6 Å². The van der Waals surface area contributed by atoms with Crippen molar-refractivity contribution in [2.24, 2.45) is 0 Å². The van der Waals surface area contributed by atoms with Gasteiger partial charge in [0, 0.05) is 23.8 Å². The van der Waals surface area contributed by atoms with Crippen molar-refractivity contribution < 1.29 is 14.7 Å². The zero-order valence-electron chi connectivity index (χ0n) is 21.3. The second-order valence-electron chi connectivity index (χ2n) is 9.81. The van der Waals surface area contributed by atoms with Crippen LogP contribution in [0.3, 0.4) is 0 Å². The first-order valence-corrected chi connectivity index (χ1v) is 13.3. The van der Waals surface area contributed by atoms with Crippen LogP contribution in [-0.2, 0) is 4.79 Å². The van der Waals surface area contributed by atoms with Crippen LogP contribution in [0.4, 0.5) is 5.69 Å². The number of carbonyl (C=O) groups is 2. The highest BCUT2D eigenvalue weighted by molar-refractivity contribution is 6.37. The van der Waals surface area contributed by atoms with Crippen LogP contribution in [-0.4, -0.2) is 51.4 Å². The summed E-state index contributed by atoms with van der Waals surface area (Å²) in [5.41, 5.74) is 3.58. The third-order valence-corrected chi connectivity index (χ3v) is 7.78. The molecule has 2 aliphatic rings. The first kappa shape index (κ1) is 31.2. The quantitative estimate of drug-likeness (QED) is 0.254. The monoisotopic (exact) mass is 613 g/mol. The van der Waals surface area contributed by atoms with Gasteiger partial charge in [-0.2, -0.15) is 0 Å². The van der Waals surface area contributed by atoms with Crippen molar-refractivity contribution in [1.29, 1.82) is 0 Å². The minimum Gasteiger partial charge on any atom is -0.505 e. The molecule has 1 aliphatic heterocycles. The van der Waals surface area contributed by atoms with Crippen molar-refractivity contribution in [3.63, 3.8) is 0 Å². The minimum atomic E-state index is -0.179. The number of carbonyl (C=O) groups excluding carboxylic acids is 2. The first-order valence-electron chi connectivity index (χ1n) is 12.6. The molecule has 0 bridgehead atoms. The summed E-state index contributed by atoms with van der Waals surface area (Å²) in [6, 6.07) is 7.05. The first-order chi connectivity index (χ1) is 17.8. The van der Waals surface area contributed by atoms with E-state index in [1.807, 2.05) is 6.07 Å². The van der Waals surface area contributed by atoms with Gasteiger partial charge in [0.05, 0.1) is 38.5 Å². The number of aromatic hydroxyl groups is 1. The summed E-state index contributed by atoms with van der Waals surface area (Å²) in [6.07, 6.45) is 6.94. The van der Waals surface area contributed by atoms with Gasteiger partial charge in [0.1, 0.15) is 5.52 Å². The summed E-state index contributed by atoms with van der Waals surface area (Å²) < 4.78 is 0. The van der Waals surface area contributed by atoms with E-state index in [2.05, 4.69) is 20.9 Å². The number of nitrogens with zero attached hydrogens (tertiary/aromatic N) is 2. The summed E-state index contributed by atoms with van der Waals surface area (Å²) in [4.78, 5) is 34.3. The zero-order chi connectivity index (χ0) is 26.1. The summed E-state index contributed by atoms with van der Waals surface area (Å²) in [6.45, 7) is 2.41. The predicted molar refractivity (Wildman–Crippen MR) is 160 cm³/mol. The third kappa shape index (κ3) is 6.87. The summed E-state index contributed by atoms with van der Waals surface area (Å²) in [5.74, 6) is -0.189. The maximum atomic E-state index is 12.5. The molecule has 0 unspecified atom stereocenters. The average molecular weight is 615 g/mol. The third-order valence-electron chi connectivity index (χ3n) is 7.20. The number of aromatic nitrogens is 2. The van der Waals surface area contributed by atoms with Crippen molar-refractivity contribution in [3.8, 4) is 17.0 Å². The number of halogens is 4. The highest BCUT2D eigenvalue weighted by atomic mass is 35.5. The van der Waals surface area contributed by atoms with Gasteiger partial charge in [0.25, 0.3) is 0 Å². The van der Waals surface area contributed by atoms with E-state index in [1.54, 1.807) is 24.4 Å². The lowest BCUT2D eigenvalue weighted by Gasteiger charge is -2.31. The lowest BCUT2D eigenvalue weighted by atomic mass is 9.90. The number of amides is 1. The predicted octanol–water partition coefficient (Wildman–Crippen LogP) is 5.95. The van der Waals surface area contributed by atoms with Crippen LogP contribution in [0.5, 0.6) is 5.75 Å². The highest BCUT2D eigenvalue weighted by Gasteiger charge is 2.28. The van der Waals surface area contributed by atoms with Crippen LogP contribution in [0.25, 0.3) is 22.3 Å². The van der Waals surface area contributed by atoms with Gasteiger partial charge in [-0.1, -0.05) is 23.2 Å². The molecule has 1 amide bonds. The van der Waals surface area contributed by atoms with E-state index in [0.29, 0.717) is 33.5 Å². The Morgan fingerprint density at radius 3 is 2.31 bits per heavy atom. The Labute approximate surface area is 249 Å². The topological polar surface area (TPSA) is 116 Å². The molecule has 3 heterocycles. The molecular weight excluding hydrogens is 584 g/mol. The van der Waals surface area contributed by atoms with Crippen LogP contribution in [0.2, 0.25) is 10.0 Å². The molecule has 4 N–H and O–H groups in total. The van der Waals surface area contributed by atoms with Gasteiger partial charge in [-0.3, -0.25) is 14.6 Å². The fraction of sp³-hybridized carbons (Fsp3) is 0.407. The van der Waals surface area contributed by atoms with E-state index in [9.17, 15) is 14.7 Å². The number of ketones is 1. The Bertz CT molecular complexity index is 1340. The van der Waals surface area contributed by atoms with E-state index in [-0.39, 0.29) is 70.4 Å². The molecule has 1 aliphatic carbocycles. The molecule has 5 rings (SSSR count). The van der Waals surface area contributed by atoms with E-state index >= 15 is 0 Å². The Morgan fingerprint density at radius 1 is 1.03 bits per heavy atom.